The van der Waals surface area contributed by atoms with Gasteiger partial charge in [-0.15, -0.1) is 0 Å². The molecule has 0 bridgehead atoms. The lowest BCUT2D eigenvalue weighted by molar-refractivity contribution is 0.273. The Morgan fingerprint density at radius 1 is 1.00 bits per heavy atom. The number of aryl methyl sites for hydroxylation is 1. The first kappa shape index (κ1) is 22.0. The predicted octanol–water partition coefficient (Wildman–Crippen LogP) is 3.44. The number of aromatic nitrogens is 2. The maximum atomic E-state index is 6.00. The van der Waals surface area contributed by atoms with E-state index in [4.69, 9.17) is 25.7 Å². The van der Waals surface area contributed by atoms with E-state index in [-0.39, 0.29) is 5.95 Å². The Bertz CT molecular complexity index is 984. The molecule has 0 fully saturated rings. The fourth-order valence-corrected chi connectivity index (χ4v) is 3.12. The van der Waals surface area contributed by atoms with Gasteiger partial charge in [0.2, 0.25) is 11.7 Å². The van der Waals surface area contributed by atoms with Crippen LogP contribution in [0.4, 0.5) is 17.5 Å². The maximum absolute atomic E-state index is 6.00. The van der Waals surface area contributed by atoms with Gasteiger partial charge >= 0.3 is 0 Å². The summed E-state index contributed by atoms with van der Waals surface area (Å²) < 4.78 is 17.1. The molecule has 1 heterocycles. The molecule has 5 N–H and O–H groups in total. The molecule has 0 amide bonds. The summed E-state index contributed by atoms with van der Waals surface area (Å²) in [6, 6.07) is 12.1. The number of hydrogen-bond donors (Lipinski definition) is 3. The minimum absolute atomic E-state index is 0.150. The van der Waals surface area contributed by atoms with E-state index in [0.29, 0.717) is 36.1 Å². The number of nitrogens with two attached hydrogens (primary N) is 2. The first-order valence-corrected chi connectivity index (χ1v) is 10.0. The summed E-state index contributed by atoms with van der Waals surface area (Å²) in [5.74, 6) is 2.26. The summed E-state index contributed by atoms with van der Waals surface area (Å²) in [5, 5.41) is 3.39. The van der Waals surface area contributed by atoms with Crippen molar-refractivity contribution in [1.82, 2.24) is 9.97 Å². The van der Waals surface area contributed by atoms with Gasteiger partial charge in [-0.05, 0) is 43.2 Å². The second-order valence-electron chi connectivity index (χ2n) is 7.14. The highest BCUT2D eigenvalue weighted by Crippen LogP contribution is 2.39. The van der Waals surface area contributed by atoms with E-state index in [1.807, 2.05) is 12.1 Å². The molecule has 0 unspecified atom stereocenters. The van der Waals surface area contributed by atoms with E-state index in [0.717, 1.165) is 29.8 Å². The van der Waals surface area contributed by atoms with Crippen molar-refractivity contribution in [2.75, 3.05) is 44.2 Å². The Kier molecular flexibility index (Phi) is 7.37. The van der Waals surface area contributed by atoms with Gasteiger partial charge in [0, 0.05) is 30.4 Å². The van der Waals surface area contributed by atoms with Gasteiger partial charge in [-0.3, -0.25) is 0 Å². The summed E-state index contributed by atoms with van der Waals surface area (Å²) in [6.45, 7) is 3.38. The standard InChI is InChI=1S/C23H29N5O3/c1-15-5-7-18(8-6-15)26-9-4-10-31-21-19(29-2)12-16(13-20(21)30-3)11-17-14-27-23(25)28-22(17)24/h5-8,12-14,26H,4,9-11H2,1-3H3,(H4,24,25,27,28). The maximum Gasteiger partial charge on any atom is 0.221 e. The summed E-state index contributed by atoms with van der Waals surface area (Å²) in [4.78, 5) is 8.02. The van der Waals surface area contributed by atoms with Crippen LogP contribution in [0.15, 0.2) is 42.6 Å². The lowest BCUT2D eigenvalue weighted by atomic mass is 10.1. The van der Waals surface area contributed by atoms with Crippen LogP contribution in [0.5, 0.6) is 17.2 Å². The van der Waals surface area contributed by atoms with Gasteiger partial charge in [-0.25, -0.2) is 4.98 Å². The van der Waals surface area contributed by atoms with E-state index in [2.05, 4.69) is 46.5 Å². The molecule has 8 heteroatoms. The van der Waals surface area contributed by atoms with E-state index >= 15 is 0 Å². The zero-order valence-corrected chi connectivity index (χ0v) is 18.1. The molecule has 0 spiro atoms. The molecule has 0 aliphatic rings. The van der Waals surface area contributed by atoms with E-state index in [1.165, 1.54) is 5.56 Å². The van der Waals surface area contributed by atoms with Gasteiger partial charge < -0.3 is 31.0 Å². The average molecular weight is 424 g/mol. The number of hydrogen-bond acceptors (Lipinski definition) is 8. The van der Waals surface area contributed by atoms with E-state index in [9.17, 15) is 0 Å². The van der Waals surface area contributed by atoms with Gasteiger partial charge in [0.05, 0.1) is 20.8 Å². The van der Waals surface area contributed by atoms with Crippen LogP contribution in [0.2, 0.25) is 0 Å². The van der Waals surface area contributed by atoms with Gasteiger partial charge in [0.25, 0.3) is 0 Å². The van der Waals surface area contributed by atoms with Crippen LogP contribution >= 0.6 is 0 Å². The van der Waals surface area contributed by atoms with Crippen molar-refractivity contribution in [2.24, 2.45) is 0 Å². The van der Waals surface area contributed by atoms with Gasteiger partial charge in [-0.1, -0.05) is 17.7 Å². The Hall–Kier alpha value is -3.68. The Labute approximate surface area is 182 Å². The lowest BCUT2D eigenvalue weighted by Gasteiger charge is -2.16. The quantitative estimate of drug-likeness (QED) is 0.425. The molecule has 2 aromatic carbocycles. The van der Waals surface area contributed by atoms with Crippen molar-refractivity contribution in [3.8, 4) is 17.2 Å². The second-order valence-corrected chi connectivity index (χ2v) is 7.14. The van der Waals surface area contributed by atoms with Crippen molar-refractivity contribution in [3.63, 3.8) is 0 Å². The molecule has 3 aromatic rings. The smallest absolute Gasteiger partial charge is 0.221 e. The van der Waals surface area contributed by atoms with Gasteiger partial charge in [-0.2, -0.15) is 4.98 Å². The molecule has 164 valence electrons. The third-order valence-electron chi connectivity index (χ3n) is 4.78. The highest BCUT2D eigenvalue weighted by Gasteiger charge is 2.15. The fourth-order valence-electron chi connectivity index (χ4n) is 3.12. The van der Waals surface area contributed by atoms with Crippen molar-refractivity contribution < 1.29 is 14.2 Å². The number of rotatable bonds is 10. The van der Waals surface area contributed by atoms with E-state index in [1.54, 1.807) is 20.4 Å². The predicted molar refractivity (Wildman–Crippen MR) is 123 cm³/mol. The highest BCUT2D eigenvalue weighted by molar-refractivity contribution is 5.55. The molecule has 0 aliphatic heterocycles. The van der Waals surface area contributed by atoms with Crippen molar-refractivity contribution in [1.29, 1.82) is 0 Å². The van der Waals surface area contributed by atoms with Crippen molar-refractivity contribution in [3.05, 3.63) is 59.3 Å². The largest absolute Gasteiger partial charge is 0.493 e. The molecular formula is C23H29N5O3. The first-order valence-electron chi connectivity index (χ1n) is 10.0. The van der Waals surface area contributed by atoms with Gasteiger partial charge in [0.15, 0.2) is 11.5 Å². The van der Waals surface area contributed by atoms with Gasteiger partial charge in [0.1, 0.15) is 5.82 Å². The number of benzene rings is 2. The van der Waals surface area contributed by atoms with Crippen LogP contribution in [-0.4, -0.2) is 37.3 Å². The minimum atomic E-state index is 0.150. The Morgan fingerprint density at radius 2 is 1.68 bits per heavy atom. The average Bonchev–Trinajstić information content (AvgIpc) is 2.77. The van der Waals surface area contributed by atoms with Crippen LogP contribution in [-0.2, 0) is 6.42 Å². The number of nitrogen functional groups attached to an aromatic ring is 2. The second kappa shape index (κ2) is 10.4. The fraction of sp³-hybridized carbons (Fsp3) is 0.304. The minimum Gasteiger partial charge on any atom is -0.493 e. The molecular weight excluding hydrogens is 394 g/mol. The third kappa shape index (κ3) is 5.91. The Balaban J connectivity index is 1.63. The monoisotopic (exact) mass is 423 g/mol. The molecule has 8 nitrogen and oxygen atoms in total. The normalized spacial score (nSPS) is 10.5. The number of ether oxygens (including phenoxy) is 3. The van der Waals surface area contributed by atoms with Crippen LogP contribution < -0.4 is 31.0 Å². The number of nitrogens with one attached hydrogen (secondary N) is 1. The topological polar surface area (TPSA) is 118 Å². The zero-order chi connectivity index (χ0) is 22.2. The van der Waals surface area contributed by atoms with Crippen LogP contribution in [0, 0.1) is 6.92 Å². The van der Waals surface area contributed by atoms with E-state index < -0.39 is 0 Å². The molecule has 0 atom stereocenters. The van der Waals surface area contributed by atoms with Crippen molar-refractivity contribution >= 4 is 17.5 Å². The molecule has 1 aromatic heterocycles. The van der Waals surface area contributed by atoms with Crippen LogP contribution in [0.1, 0.15) is 23.1 Å². The van der Waals surface area contributed by atoms with Crippen molar-refractivity contribution in [2.45, 2.75) is 19.8 Å². The summed E-state index contributed by atoms with van der Waals surface area (Å²) in [5.41, 5.74) is 15.6. The lowest BCUT2D eigenvalue weighted by Crippen LogP contribution is -2.09. The molecule has 0 saturated heterocycles. The SMILES string of the molecule is COc1cc(Cc2cnc(N)nc2N)cc(OC)c1OCCCNc1ccc(C)cc1. The molecule has 0 aliphatic carbocycles. The number of nitrogens with zero attached hydrogens (tertiary/aromatic N) is 2. The summed E-state index contributed by atoms with van der Waals surface area (Å²) in [7, 11) is 3.20. The number of methoxy groups -OCH3 is 2. The Morgan fingerprint density at radius 3 is 2.29 bits per heavy atom. The summed E-state index contributed by atoms with van der Waals surface area (Å²) >= 11 is 0. The summed E-state index contributed by atoms with van der Waals surface area (Å²) in [6.07, 6.45) is 2.96. The third-order valence-corrected chi connectivity index (χ3v) is 4.78. The first-order chi connectivity index (χ1) is 15.0. The number of anilines is 3. The molecule has 31 heavy (non-hydrogen) atoms. The van der Waals surface area contributed by atoms with Crippen LogP contribution in [0.25, 0.3) is 0 Å². The molecule has 3 rings (SSSR count). The zero-order valence-electron chi connectivity index (χ0n) is 18.1. The van der Waals surface area contributed by atoms with Crippen LogP contribution in [0.3, 0.4) is 0 Å². The molecule has 0 saturated carbocycles. The molecule has 0 radical (unpaired) electrons. The highest BCUT2D eigenvalue weighted by atomic mass is 16.5.